The third-order valence-corrected chi connectivity index (χ3v) is 10.9. The van der Waals surface area contributed by atoms with Gasteiger partial charge >= 0.3 is 5.97 Å². The number of esters is 1. The molecule has 2 aliphatic heterocycles. The van der Waals surface area contributed by atoms with Gasteiger partial charge in [0.05, 0.1) is 22.8 Å². The van der Waals surface area contributed by atoms with Crippen molar-refractivity contribution in [3.8, 4) is 50.3 Å². The number of hydrogen-bond acceptors (Lipinski definition) is 4. The molecule has 0 saturated heterocycles. The normalized spacial score (nSPS) is 12.2. The molecule has 2 N–H and O–H groups in total. The molecular weight excluding hydrogens is 780 g/mol. The highest BCUT2D eigenvalue weighted by Crippen LogP contribution is 2.39. The summed E-state index contributed by atoms with van der Waals surface area (Å²) < 4.78 is 4.90. The summed E-state index contributed by atoms with van der Waals surface area (Å²) in [5, 5.41) is 0. The molecule has 8 bridgehead atoms. The van der Waals surface area contributed by atoms with E-state index in [4.69, 9.17) is 14.7 Å². The number of carbonyl (C=O) groups excluding carboxylic acids is 1. The molecule has 7 aromatic rings. The Labute approximate surface area is 346 Å². The van der Waals surface area contributed by atoms with Crippen molar-refractivity contribution in [2.75, 3.05) is 0 Å². The van der Waals surface area contributed by atoms with Crippen LogP contribution in [0.2, 0.25) is 0 Å². The minimum atomic E-state index is -0.811. The number of fused-ring (bicyclic) bond motifs is 8. The van der Waals surface area contributed by atoms with Gasteiger partial charge in [-0.15, -0.1) is 0 Å². The fourth-order valence-electron chi connectivity index (χ4n) is 7.50. The maximum Gasteiger partial charge on any atom is 0.327 e. The number of nitrogens with one attached hydrogen (secondary N) is 2. The first-order chi connectivity index (χ1) is 28.0. The first-order valence-electron chi connectivity index (χ1n) is 19.4. The van der Waals surface area contributed by atoms with E-state index in [2.05, 4.69) is 168 Å². The van der Waals surface area contributed by atoms with E-state index in [9.17, 15) is 4.79 Å². The Morgan fingerprint density at radius 3 is 1.02 bits per heavy atom. The summed E-state index contributed by atoms with van der Waals surface area (Å²) in [5.74, 6) is 0.0958. The van der Waals surface area contributed by atoms with E-state index in [1.165, 1.54) is 16.7 Å². The Balaban J connectivity index is 1.39. The lowest BCUT2D eigenvalue weighted by atomic mass is 10.0. The summed E-state index contributed by atoms with van der Waals surface area (Å²) >= 11 is 3.42. The van der Waals surface area contributed by atoms with Crippen molar-refractivity contribution in [2.24, 2.45) is 0 Å². The number of H-pyrrole nitrogens is 2. The second-order valence-electron chi connectivity index (χ2n) is 15.5. The maximum atomic E-state index is 12.7. The molecule has 58 heavy (non-hydrogen) atoms. The van der Waals surface area contributed by atoms with E-state index < -0.39 is 4.32 Å². The maximum absolute atomic E-state index is 12.7. The van der Waals surface area contributed by atoms with Gasteiger partial charge in [0, 0.05) is 44.3 Å². The fraction of sp³-hybridized carbons (Fsp3) is 0.118. The van der Waals surface area contributed by atoms with Crippen molar-refractivity contribution in [3.05, 3.63) is 161 Å². The van der Waals surface area contributed by atoms with Crippen LogP contribution >= 0.6 is 15.9 Å². The fourth-order valence-corrected chi connectivity index (χ4v) is 7.58. The third-order valence-electron chi connectivity index (χ3n) is 10.6. The predicted molar refractivity (Wildman–Crippen MR) is 243 cm³/mol. The van der Waals surface area contributed by atoms with Gasteiger partial charge < -0.3 is 14.7 Å². The molecule has 3 aromatic heterocycles. The van der Waals surface area contributed by atoms with Gasteiger partial charge in [0.15, 0.2) is 0 Å². The molecule has 0 amide bonds. The lowest BCUT2D eigenvalue weighted by Gasteiger charge is -2.14. The number of aromatic amines is 2. The number of nitrogens with zero attached hydrogens (tertiary/aromatic N) is 2. The highest BCUT2D eigenvalue weighted by atomic mass is 79.9. The standard InChI is InChI=1S/C51H41BrN4O2/c1-30-6-12-33(13-7-30)46-38-22-24-40(53-38)47(34-14-8-31(2)9-15-34)42-26-28-44(55-42)49(36-18-20-37(21-19-36)58-50(57)51(4,5)52)45-29-27-43(56-45)48(41-25-23-39(46)54-41)35-16-10-32(3)11-17-35/h6-29,53,56H,1-5H3. The van der Waals surface area contributed by atoms with Gasteiger partial charge in [0.25, 0.3) is 0 Å². The first kappa shape index (κ1) is 37.0. The summed E-state index contributed by atoms with van der Waals surface area (Å²) in [4.78, 5) is 31.2. The van der Waals surface area contributed by atoms with Crippen LogP contribution < -0.4 is 4.74 Å². The number of aromatic nitrogens is 4. The SMILES string of the molecule is Cc1ccc(-c2c3nc(c(-c4ccc(C)cc4)c4ccc([nH]4)c(-c4ccc(OC(=O)C(C)(C)Br)cc4)c4nc(c(-c5ccc(C)cc5)c5ccc2[nH]5)C=C4)C=C3)cc1. The zero-order valence-corrected chi connectivity index (χ0v) is 34.5. The number of aryl methyl sites for hydroxylation is 3. The average molecular weight is 822 g/mol. The van der Waals surface area contributed by atoms with E-state index in [0.717, 1.165) is 89.4 Å². The number of rotatable bonds is 6. The minimum Gasteiger partial charge on any atom is -0.426 e. The molecule has 0 atom stereocenters. The molecule has 0 unspecified atom stereocenters. The van der Waals surface area contributed by atoms with Gasteiger partial charge in [-0.25, -0.2) is 9.97 Å². The molecule has 2 aliphatic rings. The Morgan fingerprint density at radius 2 is 0.741 bits per heavy atom. The van der Waals surface area contributed by atoms with Gasteiger partial charge in [-0.3, -0.25) is 4.79 Å². The molecule has 4 aromatic carbocycles. The monoisotopic (exact) mass is 820 g/mol. The van der Waals surface area contributed by atoms with E-state index in [-0.39, 0.29) is 5.97 Å². The number of carbonyl (C=O) groups is 1. The minimum absolute atomic E-state index is 0.368. The molecule has 0 saturated carbocycles. The number of hydrogen-bond donors (Lipinski definition) is 2. The van der Waals surface area contributed by atoms with Crippen molar-refractivity contribution >= 4 is 68.3 Å². The highest BCUT2D eigenvalue weighted by molar-refractivity contribution is 9.10. The lowest BCUT2D eigenvalue weighted by Crippen LogP contribution is -2.29. The van der Waals surface area contributed by atoms with Gasteiger partial charge in [-0.05, 0) is 118 Å². The third kappa shape index (κ3) is 7.14. The van der Waals surface area contributed by atoms with Gasteiger partial charge in [0.2, 0.25) is 0 Å². The van der Waals surface area contributed by atoms with Crippen LogP contribution in [0.1, 0.15) is 53.3 Å². The Hall–Kier alpha value is -6.57. The molecular formula is C51H41BrN4O2. The van der Waals surface area contributed by atoms with Crippen LogP contribution in [0.15, 0.2) is 121 Å². The van der Waals surface area contributed by atoms with Crippen LogP contribution in [0.3, 0.4) is 0 Å². The zero-order chi connectivity index (χ0) is 40.1. The van der Waals surface area contributed by atoms with Crippen molar-refractivity contribution in [3.63, 3.8) is 0 Å². The van der Waals surface area contributed by atoms with E-state index >= 15 is 0 Å². The first-order valence-corrected chi connectivity index (χ1v) is 20.2. The summed E-state index contributed by atoms with van der Waals surface area (Å²) in [7, 11) is 0. The molecule has 0 radical (unpaired) electrons. The quantitative estimate of drug-likeness (QED) is 0.0994. The number of halogens is 1. The molecule has 284 valence electrons. The Kier molecular flexibility index (Phi) is 9.41. The van der Waals surface area contributed by atoms with E-state index in [1.54, 1.807) is 13.8 Å². The molecule has 6 nitrogen and oxygen atoms in total. The Morgan fingerprint density at radius 1 is 0.466 bits per heavy atom. The van der Waals surface area contributed by atoms with Gasteiger partial charge in [-0.1, -0.05) is 118 Å². The van der Waals surface area contributed by atoms with Crippen LogP contribution in [-0.4, -0.2) is 30.2 Å². The second kappa shape index (κ2) is 14.7. The number of ether oxygens (including phenoxy) is 1. The largest absolute Gasteiger partial charge is 0.426 e. The van der Waals surface area contributed by atoms with Crippen LogP contribution in [0.25, 0.3) is 90.9 Å². The second-order valence-corrected chi connectivity index (χ2v) is 17.5. The molecule has 0 spiro atoms. The van der Waals surface area contributed by atoms with Crippen molar-refractivity contribution in [1.82, 2.24) is 19.9 Å². The van der Waals surface area contributed by atoms with Crippen LogP contribution in [-0.2, 0) is 4.79 Å². The molecule has 9 rings (SSSR count). The summed E-state index contributed by atoms with van der Waals surface area (Å²) in [5.41, 5.74) is 18.7. The summed E-state index contributed by atoms with van der Waals surface area (Å²) in [6.45, 7) is 9.85. The van der Waals surface area contributed by atoms with Crippen LogP contribution in [0.4, 0.5) is 0 Å². The molecule has 7 heteroatoms. The molecule has 0 fully saturated rings. The van der Waals surface area contributed by atoms with Gasteiger partial charge in [-0.2, -0.15) is 0 Å². The van der Waals surface area contributed by atoms with E-state index in [0.29, 0.717) is 5.75 Å². The van der Waals surface area contributed by atoms with Crippen LogP contribution in [0.5, 0.6) is 5.75 Å². The lowest BCUT2D eigenvalue weighted by molar-refractivity contribution is -0.136. The summed E-state index contributed by atoms with van der Waals surface area (Å²) in [6.07, 6.45) is 8.43. The highest BCUT2D eigenvalue weighted by Gasteiger charge is 2.26. The van der Waals surface area contributed by atoms with Crippen molar-refractivity contribution < 1.29 is 9.53 Å². The summed E-state index contributed by atoms with van der Waals surface area (Å²) in [6, 6.07) is 42.0. The van der Waals surface area contributed by atoms with Gasteiger partial charge in [0.1, 0.15) is 10.1 Å². The predicted octanol–water partition coefficient (Wildman–Crippen LogP) is 13.3. The smallest absolute Gasteiger partial charge is 0.327 e. The average Bonchev–Trinajstić information content (AvgIpc) is 4.05. The Bertz CT molecular complexity index is 2920. The van der Waals surface area contributed by atoms with Crippen molar-refractivity contribution in [1.29, 1.82) is 0 Å². The molecule has 0 aliphatic carbocycles. The van der Waals surface area contributed by atoms with E-state index in [1.807, 2.05) is 24.3 Å². The number of alkyl halides is 1. The number of benzene rings is 4. The zero-order valence-electron chi connectivity index (χ0n) is 32.9. The van der Waals surface area contributed by atoms with Crippen LogP contribution in [0, 0.1) is 20.8 Å². The van der Waals surface area contributed by atoms with Crippen molar-refractivity contribution in [2.45, 2.75) is 38.9 Å². The molecule has 5 heterocycles. The topological polar surface area (TPSA) is 83.7 Å².